The van der Waals surface area contributed by atoms with Crippen molar-refractivity contribution in [1.29, 1.82) is 0 Å². The third-order valence-electron chi connectivity index (χ3n) is 8.40. The third kappa shape index (κ3) is 12.6. The Bertz CT molecular complexity index is 419. The fourth-order valence-corrected chi connectivity index (χ4v) is 6.97. The highest BCUT2D eigenvalue weighted by Gasteiger charge is 2.30. The molecule has 2 fully saturated rings. The lowest BCUT2D eigenvalue weighted by molar-refractivity contribution is 0.163. The molecule has 4 unspecified atom stereocenters. The van der Waals surface area contributed by atoms with Crippen LogP contribution in [0.2, 0.25) is 0 Å². The van der Waals surface area contributed by atoms with Gasteiger partial charge in [-0.15, -0.1) is 0 Å². The van der Waals surface area contributed by atoms with Crippen LogP contribution in [-0.2, 0) is 0 Å². The molecule has 2 aliphatic carbocycles. The first-order valence-electron chi connectivity index (χ1n) is 14.6. The summed E-state index contributed by atoms with van der Waals surface area (Å²) < 4.78 is 0. The summed E-state index contributed by atoms with van der Waals surface area (Å²) in [6, 6.07) is 0. The van der Waals surface area contributed by atoms with Gasteiger partial charge in [0, 0.05) is 26.2 Å². The number of nitrogens with two attached hydrogens (primary N) is 1. The van der Waals surface area contributed by atoms with Crippen molar-refractivity contribution in [2.45, 2.75) is 116 Å². The Morgan fingerprint density at radius 3 is 1.94 bits per heavy atom. The lowest BCUT2D eigenvalue weighted by atomic mass is 9.71. The Balaban J connectivity index is 1.87. The largest absolute Gasteiger partial charge is 0.329 e. The molecule has 190 valence electrons. The molecule has 0 amide bonds. The van der Waals surface area contributed by atoms with Crippen molar-refractivity contribution in [1.82, 2.24) is 10.6 Å². The molecule has 0 heterocycles. The predicted molar refractivity (Wildman–Crippen MR) is 146 cm³/mol. The summed E-state index contributed by atoms with van der Waals surface area (Å²) in [5, 5.41) is 7.01. The maximum atomic E-state index is 5.54. The molecule has 0 saturated heterocycles. The molecule has 0 aromatic carbocycles. The standard InChI is InChI=1S/C28H57N3S/c29-18-20-31-22-21-30-19-12-14-25-13-8-6-7-9-15-26(23-25)28-17-11-5-3-1-2-4-10-16-27(28)24-32/h25-28,30-32H,1-24,29H2. The lowest BCUT2D eigenvalue weighted by Gasteiger charge is -2.35. The van der Waals surface area contributed by atoms with Crippen LogP contribution in [0.4, 0.5) is 0 Å². The van der Waals surface area contributed by atoms with E-state index in [1.165, 1.54) is 122 Å². The smallest absolute Gasteiger partial charge is 0.00772 e. The van der Waals surface area contributed by atoms with Crippen molar-refractivity contribution in [3.05, 3.63) is 0 Å². The van der Waals surface area contributed by atoms with Gasteiger partial charge in [-0.25, -0.2) is 0 Å². The van der Waals surface area contributed by atoms with Gasteiger partial charge in [-0.1, -0.05) is 83.5 Å². The molecule has 4 heteroatoms. The minimum atomic E-state index is 0.734. The molecule has 32 heavy (non-hydrogen) atoms. The zero-order valence-corrected chi connectivity index (χ0v) is 22.2. The maximum Gasteiger partial charge on any atom is 0.00772 e. The average Bonchev–Trinajstić information content (AvgIpc) is 2.88. The van der Waals surface area contributed by atoms with E-state index in [4.69, 9.17) is 18.4 Å². The van der Waals surface area contributed by atoms with E-state index in [0.29, 0.717) is 0 Å². The monoisotopic (exact) mass is 467 g/mol. The summed E-state index contributed by atoms with van der Waals surface area (Å²) in [6.45, 7) is 4.94. The summed E-state index contributed by atoms with van der Waals surface area (Å²) >= 11 is 4.90. The molecule has 2 aliphatic rings. The second-order valence-electron chi connectivity index (χ2n) is 10.9. The molecule has 3 nitrogen and oxygen atoms in total. The van der Waals surface area contributed by atoms with Crippen LogP contribution >= 0.6 is 12.6 Å². The van der Waals surface area contributed by atoms with Crippen LogP contribution in [0.1, 0.15) is 116 Å². The number of hydrogen-bond acceptors (Lipinski definition) is 4. The summed E-state index contributed by atoms with van der Waals surface area (Å²) in [4.78, 5) is 0. The van der Waals surface area contributed by atoms with E-state index >= 15 is 0 Å². The molecular weight excluding hydrogens is 410 g/mol. The van der Waals surface area contributed by atoms with Gasteiger partial charge in [-0.05, 0) is 68.1 Å². The summed E-state index contributed by atoms with van der Waals surface area (Å²) in [5.74, 6) is 4.84. The molecule has 0 radical (unpaired) electrons. The second kappa shape index (κ2) is 19.5. The van der Waals surface area contributed by atoms with Gasteiger partial charge in [0.25, 0.3) is 0 Å². The number of thiol groups is 1. The van der Waals surface area contributed by atoms with Crippen molar-refractivity contribution >= 4 is 12.6 Å². The van der Waals surface area contributed by atoms with Gasteiger partial charge in [0.05, 0.1) is 0 Å². The Morgan fingerprint density at radius 2 is 1.25 bits per heavy atom. The first-order valence-corrected chi connectivity index (χ1v) is 15.2. The zero-order chi connectivity index (χ0) is 22.7. The van der Waals surface area contributed by atoms with E-state index in [9.17, 15) is 0 Å². The number of hydrogen-bond donors (Lipinski definition) is 4. The first-order chi connectivity index (χ1) is 15.8. The van der Waals surface area contributed by atoms with Crippen LogP contribution in [0, 0.1) is 23.7 Å². The molecule has 2 saturated carbocycles. The van der Waals surface area contributed by atoms with Crippen LogP contribution in [0.5, 0.6) is 0 Å². The Hall–Kier alpha value is 0.230. The van der Waals surface area contributed by atoms with Gasteiger partial charge in [0.2, 0.25) is 0 Å². The second-order valence-corrected chi connectivity index (χ2v) is 11.3. The van der Waals surface area contributed by atoms with Crippen molar-refractivity contribution in [3.63, 3.8) is 0 Å². The molecule has 0 spiro atoms. The molecule has 2 rings (SSSR count). The highest BCUT2D eigenvalue weighted by atomic mass is 32.1. The SMILES string of the molecule is NCCNCCNCCCC1CCCCCCC(C2CCCCCCCCCC2CS)C1. The predicted octanol–water partition coefficient (Wildman–Crippen LogP) is 6.57. The van der Waals surface area contributed by atoms with Crippen LogP contribution in [0.15, 0.2) is 0 Å². The summed E-state index contributed by atoms with van der Waals surface area (Å²) in [7, 11) is 0. The number of rotatable bonds is 11. The quantitative estimate of drug-likeness (QED) is 0.205. The van der Waals surface area contributed by atoms with Crippen LogP contribution in [-0.4, -0.2) is 38.5 Å². The molecular formula is C28H57N3S. The topological polar surface area (TPSA) is 50.1 Å². The van der Waals surface area contributed by atoms with Gasteiger partial charge in [0.15, 0.2) is 0 Å². The van der Waals surface area contributed by atoms with Crippen molar-refractivity contribution in [3.8, 4) is 0 Å². The average molecular weight is 468 g/mol. The number of nitrogens with one attached hydrogen (secondary N) is 2. The fourth-order valence-electron chi connectivity index (χ4n) is 6.52. The Morgan fingerprint density at radius 1 is 0.656 bits per heavy atom. The van der Waals surface area contributed by atoms with Crippen molar-refractivity contribution < 1.29 is 0 Å². The minimum absolute atomic E-state index is 0.734. The maximum absolute atomic E-state index is 5.54. The van der Waals surface area contributed by atoms with Crippen molar-refractivity contribution in [2.75, 3.05) is 38.5 Å². The molecule has 0 aromatic rings. The van der Waals surface area contributed by atoms with Crippen LogP contribution < -0.4 is 16.4 Å². The van der Waals surface area contributed by atoms with Crippen LogP contribution in [0.25, 0.3) is 0 Å². The molecule has 4 atom stereocenters. The Kier molecular flexibility index (Phi) is 17.4. The minimum Gasteiger partial charge on any atom is -0.329 e. The van der Waals surface area contributed by atoms with E-state index in [1.54, 1.807) is 0 Å². The highest BCUT2D eigenvalue weighted by Crippen LogP contribution is 2.40. The van der Waals surface area contributed by atoms with E-state index in [-0.39, 0.29) is 0 Å². The van der Waals surface area contributed by atoms with Gasteiger partial charge in [-0.3, -0.25) is 0 Å². The normalized spacial score (nSPS) is 29.4. The van der Waals surface area contributed by atoms with Crippen molar-refractivity contribution in [2.24, 2.45) is 29.4 Å². The lowest BCUT2D eigenvalue weighted by Crippen LogP contribution is -2.31. The Labute approximate surface area is 206 Å². The highest BCUT2D eigenvalue weighted by molar-refractivity contribution is 7.80. The van der Waals surface area contributed by atoms with Gasteiger partial charge in [0.1, 0.15) is 0 Å². The van der Waals surface area contributed by atoms with Gasteiger partial charge < -0.3 is 16.4 Å². The molecule has 0 aromatic heterocycles. The molecule has 0 bridgehead atoms. The first kappa shape index (κ1) is 28.5. The summed E-state index contributed by atoms with van der Waals surface area (Å²) in [6.07, 6.45) is 26.3. The molecule has 4 N–H and O–H groups in total. The zero-order valence-electron chi connectivity index (χ0n) is 21.3. The fraction of sp³-hybridized carbons (Fsp3) is 1.00. The third-order valence-corrected chi connectivity index (χ3v) is 8.87. The van der Waals surface area contributed by atoms with E-state index < -0.39 is 0 Å². The van der Waals surface area contributed by atoms with E-state index in [2.05, 4.69) is 10.6 Å². The van der Waals surface area contributed by atoms with Gasteiger partial charge >= 0.3 is 0 Å². The molecule has 0 aliphatic heterocycles. The van der Waals surface area contributed by atoms with E-state index in [0.717, 1.165) is 55.6 Å². The van der Waals surface area contributed by atoms with E-state index in [1.807, 2.05) is 0 Å². The summed E-state index contributed by atoms with van der Waals surface area (Å²) in [5.41, 5.74) is 5.54. The van der Waals surface area contributed by atoms with Gasteiger partial charge in [-0.2, -0.15) is 12.6 Å². The van der Waals surface area contributed by atoms with Crippen LogP contribution in [0.3, 0.4) is 0 Å².